The summed E-state index contributed by atoms with van der Waals surface area (Å²) in [5.74, 6) is 1.74. The van der Waals surface area contributed by atoms with Crippen LogP contribution in [0.25, 0.3) is 0 Å². The van der Waals surface area contributed by atoms with Crippen LogP contribution in [0.15, 0.2) is 18.2 Å². The molecule has 1 aromatic carbocycles. The average molecular weight is 267 g/mol. The SMILES string of the molecule is C#CC(C)(C)NC(=O)c1cc(Cl)ccc1[N+](=O)[O-]. The lowest BCUT2D eigenvalue weighted by Crippen LogP contribution is -2.42. The molecule has 0 saturated carbocycles. The van der Waals surface area contributed by atoms with Crippen LogP contribution in [0.3, 0.4) is 0 Å². The predicted octanol–water partition coefficient (Wildman–Crippen LogP) is 2.39. The van der Waals surface area contributed by atoms with E-state index in [2.05, 4.69) is 11.2 Å². The van der Waals surface area contributed by atoms with Crippen molar-refractivity contribution < 1.29 is 9.72 Å². The van der Waals surface area contributed by atoms with Gasteiger partial charge in [0.05, 0.1) is 10.5 Å². The fraction of sp³-hybridized carbons (Fsp3) is 0.250. The molecule has 0 saturated heterocycles. The minimum Gasteiger partial charge on any atom is -0.336 e. The summed E-state index contributed by atoms with van der Waals surface area (Å²) in [6, 6.07) is 3.77. The van der Waals surface area contributed by atoms with Crippen molar-refractivity contribution in [3.8, 4) is 12.3 Å². The van der Waals surface area contributed by atoms with E-state index in [0.717, 1.165) is 0 Å². The van der Waals surface area contributed by atoms with Crippen molar-refractivity contribution in [3.63, 3.8) is 0 Å². The monoisotopic (exact) mass is 266 g/mol. The highest BCUT2D eigenvalue weighted by molar-refractivity contribution is 6.31. The number of nitro benzene ring substituents is 1. The van der Waals surface area contributed by atoms with Crippen LogP contribution in [0.1, 0.15) is 24.2 Å². The first kappa shape index (κ1) is 14.0. The Bertz CT molecular complexity index is 547. The normalized spacial score (nSPS) is 10.6. The van der Waals surface area contributed by atoms with Crippen molar-refractivity contribution in [2.45, 2.75) is 19.4 Å². The van der Waals surface area contributed by atoms with Gasteiger partial charge in [0.15, 0.2) is 0 Å². The molecule has 0 radical (unpaired) electrons. The molecule has 0 aromatic heterocycles. The maximum Gasteiger partial charge on any atom is 0.282 e. The van der Waals surface area contributed by atoms with Crippen LogP contribution < -0.4 is 5.32 Å². The largest absolute Gasteiger partial charge is 0.336 e. The second-order valence-corrected chi connectivity index (χ2v) is 4.58. The molecule has 0 bridgehead atoms. The van der Waals surface area contributed by atoms with Gasteiger partial charge >= 0.3 is 0 Å². The molecule has 1 rings (SSSR count). The Hall–Kier alpha value is -2.06. The zero-order chi connectivity index (χ0) is 13.9. The Morgan fingerprint density at radius 2 is 2.17 bits per heavy atom. The topological polar surface area (TPSA) is 72.2 Å². The number of carbonyl (C=O) groups is 1. The number of carbonyl (C=O) groups excluding carboxylic acids is 1. The molecule has 0 aliphatic heterocycles. The first-order valence-electron chi connectivity index (χ1n) is 5.01. The quantitative estimate of drug-likeness (QED) is 0.519. The number of nitro groups is 1. The number of terminal acetylenes is 1. The molecule has 0 fully saturated rings. The van der Waals surface area contributed by atoms with E-state index in [1.54, 1.807) is 13.8 Å². The van der Waals surface area contributed by atoms with Gasteiger partial charge in [-0.15, -0.1) is 6.42 Å². The number of nitrogens with one attached hydrogen (secondary N) is 1. The molecule has 0 spiro atoms. The number of halogens is 1. The molecule has 0 aliphatic rings. The summed E-state index contributed by atoms with van der Waals surface area (Å²) in [5, 5.41) is 13.6. The molecule has 0 heterocycles. The average Bonchev–Trinajstić information content (AvgIpc) is 2.28. The maximum absolute atomic E-state index is 11.9. The maximum atomic E-state index is 11.9. The number of nitrogens with zero attached hydrogens (tertiary/aromatic N) is 1. The van der Waals surface area contributed by atoms with Crippen molar-refractivity contribution in [3.05, 3.63) is 38.9 Å². The zero-order valence-electron chi connectivity index (χ0n) is 9.86. The van der Waals surface area contributed by atoms with E-state index in [-0.39, 0.29) is 16.3 Å². The summed E-state index contributed by atoms with van der Waals surface area (Å²) in [5.41, 5.74) is -1.33. The predicted molar refractivity (Wildman–Crippen MR) is 68.5 cm³/mol. The third-order valence-corrected chi connectivity index (χ3v) is 2.42. The van der Waals surface area contributed by atoms with Gasteiger partial charge in [0.1, 0.15) is 5.56 Å². The van der Waals surface area contributed by atoms with Crippen LogP contribution in [-0.4, -0.2) is 16.4 Å². The third kappa shape index (κ3) is 3.22. The minimum atomic E-state index is -0.896. The summed E-state index contributed by atoms with van der Waals surface area (Å²) in [4.78, 5) is 22.1. The Morgan fingerprint density at radius 1 is 1.56 bits per heavy atom. The lowest BCUT2D eigenvalue weighted by Gasteiger charge is -2.19. The first-order valence-corrected chi connectivity index (χ1v) is 5.39. The van der Waals surface area contributed by atoms with Crippen molar-refractivity contribution in [2.75, 3.05) is 0 Å². The van der Waals surface area contributed by atoms with E-state index in [1.807, 2.05) is 0 Å². The Morgan fingerprint density at radius 3 is 2.67 bits per heavy atom. The minimum absolute atomic E-state index is 0.115. The van der Waals surface area contributed by atoms with Crippen molar-refractivity contribution in [2.24, 2.45) is 0 Å². The molecule has 1 N–H and O–H groups in total. The molecule has 0 atom stereocenters. The van der Waals surface area contributed by atoms with Gasteiger partial charge in [0.2, 0.25) is 0 Å². The summed E-state index contributed by atoms with van der Waals surface area (Å²) < 4.78 is 0. The number of benzene rings is 1. The van der Waals surface area contributed by atoms with Gasteiger partial charge in [-0.25, -0.2) is 0 Å². The smallest absolute Gasteiger partial charge is 0.282 e. The zero-order valence-corrected chi connectivity index (χ0v) is 10.6. The Labute approximate surface area is 109 Å². The number of hydrogen-bond donors (Lipinski definition) is 1. The molecular formula is C12H11ClN2O3. The molecule has 5 nitrogen and oxygen atoms in total. The van der Waals surface area contributed by atoms with Crippen molar-refractivity contribution in [1.82, 2.24) is 5.32 Å². The highest BCUT2D eigenvalue weighted by Gasteiger charge is 2.24. The molecule has 0 aliphatic carbocycles. The van der Waals surface area contributed by atoms with Gasteiger partial charge < -0.3 is 5.32 Å². The number of hydrogen-bond acceptors (Lipinski definition) is 3. The highest BCUT2D eigenvalue weighted by Crippen LogP contribution is 2.23. The van der Waals surface area contributed by atoms with Crippen LogP contribution in [0.2, 0.25) is 5.02 Å². The summed E-state index contributed by atoms with van der Waals surface area (Å²) in [7, 11) is 0. The van der Waals surface area contributed by atoms with Crippen molar-refractivity contribution >= 4 is 23.2 Å². The van der Waals surface area contributed by atoms with Crippen molar-refractivity contribution in [1.29, 1.82) is 0 Å². The summed E-state index contributed by atoms with van der Waals surface area (Å²) in [6.07, 6.45) is 5.24. The highest BCUT2D eigenvalue weighted by atomic mass is 35.5. The Balaban J connectivity index is 3.17. The first-order chi connectivity index (χ1) is 8.26. The van der Waals surface area contributed by atoms with Crippen LogP contribution >= 0.6 is 11.6 Å². The fourth-order valence-corrected chi connectivity index (χ4v) is 1.41. The van der Waals surface area contributed by atoms with E-state index in [1.165, 1.54) is 18.2 Å². The fourth-order valence-electron chi connectivity index (χ4n) is 1.24. The Kier molecular flexibility index (Phi) is 3.94. The lowest BCUT2D eigenvalue weighted by atomic mass is 10.1. The van der Waals surface area contributed by atoms with Crippen LogP contribution in [0, 0.1) is 22.5 Å². The summed E-state index contributed by atoms with van der Waals surface area (Å²) in [6.45, 7) is 3.22. The standard InChI is InChI=1S/C12H11ClN2O3/c1-4-12(2,3)14-11(16)9-7-8(13)5-6-10(9)15(17)18/h1,5-7H,2-3H3,(H,14,16). The third-order valence-electron chi connectivity index (χ3n) is 2.19. The van der Waals surface area contributed by atoms with E-state index >= 15 is 0 Å². The number of rotatable bonds is 3. The van der Waals surface area contributed by atoms with Crippen LogP contribution in [0.5, 0.6) is 0 Å². The lowest BCUT2D eigenvalue weighted by molar-refractivity contribution is -0.385. The second kappa shape index (κ2) is 5.07. The molecular weight excluding hydrogens is 256 g/mol. The van der Waals surface area contributed by atoms with Crippen LogP contribution in [0.4, 0.5) is 5.69 Å². The van der Waals surface area contributed by atoms with Gasteiger partial charge in [-0.1, -0.05) is 17.5 Å². The molecule has 0 unspecified atom stereocenters. The van der Waals surface area contributed by atoms with E-state index in [0.29, 0.717) is 0 Å². The van der Waals surface area contributed by atoms with E-state index < -0.39 is 16.4 Å². The number of amides is 1. The molecule has 6 heteroatoms. The van der Waals surface area contributed by atoms with Gasteiger partial charge in [0, 0.05) is 11.1 Å². The molecule has 1 amide bonds. The van der Waals surface area contributed by atoms with Gasteiger partial charge in [-0.3, -0.25) is 14.9 Å². The molecule has 1 aromatic rings. The van der Waals surface area contributed by atoms with Gasteiger partial charge in [0.25, 0.3) is 11.6 Å². The van der Waals surface area contributed by atoms with Gasteiger partial charge in [-0.05, 0) is 26.0 Å². The van der Waals surface area contributed by atoms with Gasteiger partial charge in [-0.2, -0.15) is 0 Å². The van der Waals surface area contributed by atoms with E-state index in [9.17, 15) is 14.9 Å². The summed E-state index contributed by atoms with van der Waals surface area (Å²) >= 11 is 5.73. The van der Waals surface area contributed by atoms with E-state index in [4.69, 9.17) is 18.0 Å². The molecule has 94 valence electrons. The second-order valence-electron chi connectivity index (χ2n) is 4.14. The molecule has 18 heavy (non-hydrogen) atoms. The van der Waals surface area contributed by atoms with Crippen LogP contribution in [-0.2, 0) is 0 Å².